The van der Waals surface area contributed by atoms with E-state index >= 15 is 0 Å². The molecule has 2 saturated heterocycles. The SMILES string of the molecule is CC1O[C@@H](C)C(C)[C@H](OCc2ccccc2)C1O[C@H]1OC(CO)[C@@H](C)[C@H](P[B]B=O)C1N=[N+]=[N-]. The van der Waals surface area contributed by atoms with Crippen molar-refractivity contribution in [3.8, 4) is 0 Å². The summed E-state index contributed by atoms with van der Waals surface area (Å²) in [5.41, 5.74) is 10.1. The predicted molar refractivity (Wildman–Crippen MR) is 131 cm³/mol. The Balaban J connectivity index is 1.84. The van der Waals surface area contributed by atoms with Gasteiger partial charge in [-0.05, 0) is 0 Å². The van der Waals surface area contributed by atoms with E-state index in [0.29, 0.717) is 6.61 Å². The van der Waals surface area contributed by atoms with E-state index < -0.39 is 24.5 Å². The average molecular weight is 488 g/mol. The third-order valence-corrected chi connectivity index (χ3v) is 8.46. The molecular formula is C22H33B2N3O6P. The van der Waals surface area contributed by atoms with Gasteiger partial charge in [-0.25, -0.2) is 0 Å². The van der Waals surface area contributed by atoms with Crippen LogP contribution in [-0.2, 0) is 30.3 Å². The number of rotatable bonds is 10. The van der Waals surface area contributed by atoms with Gasteiger partial charge in [0, 0.05) is 0 Å². The van der Waals surface area contributed by atoms with Gasteiger partial charge in [0.15, 0.2) is 0 Å². The molecule has 6 unspecified atom stereocenters. The van der Waals surface area contributed by atoms with E-state index in [1.807, 2.05) is 51.1 Å². The third-order valence-electron chi connectivity index (χ3n) is 6.88. The van der Waals surface area contributed by atoms with Gasteiger partial charge in [0.2, 0.25) is 0 Å². The molecule has 2 aliphatic heterocycles. The molecule has 12 heteroatoms. The van der Waals surface area contributed by atoms with Crippen molar-refractivity contribution < 1.29 is 28.8 Å². The molecule has 1 aromatic rings. The quantitative estimate of drug-likeness (QED) is 0.178. The fourth-order valence-corrected chi connectivity index (χ4v) is 5.97. The van der Waals surface area contributed by atoms with Crippen LogP contribution >= 0.6 is 8.46 Å². The minimum atomic E-state index is -0.902. The molecule has 0 spiro atoms. The van der Waals surface area contributed by atoms with Crippen LogP contribution in [0.2, 0.25) is 0 Å². The molecule has 0 saturated carbocycles. The van der Waals surface area contributed by atoms with Gasteiger partial charge in [-0.1, -0.05) is 18.2 Å². The number of hydrogen-bond acceptors (Lipinski definition) is 7. The van der Waals surface area contributed by atoms with Crippen molar-refractivity contribution in [1.29, 1.82) is 0 Å². The Kier molecular flexibility index (Phi) is 10.5. The number of aliphatic hydroxyl groups is 1. The predicted octanol–water partition coefficient (Wildman–Crippen LogP) is 3.06. The Bertz CT molecular complexity index is 836. The molecule has 2 fully saturated rings. The van der Waals surface area contributed by atoms with Crippen LogP contribution in [-0.4, -0.2) is 74.2 Å². The Labute approximate surface area is 204 Å². The summed E-state index contributed by atoms with van der Waals surface area (Å²) in [5.74, 6) is -0.0842. The minimum absolute atomic E-state index is 0.0301. The van der Waals surface area contributed by atoms with Crippen LogP contribution in [0.15, 0.2) is 35.4 Å². The zero-order valence-corrected chi connectivity index (χ0v) is 21.1. The summed E-state index contributed by atoms with van der Waals surface area (Å²) in [5, 5.41) is 13.9. The number of aliphatic hydroxyl groups excluding tert-OH is 1. The van der Waals surface area contributed by atoms with Crippen LogP contribution in [0, 0.1) is 11.8 Å². The van der Waals surface area contributed by atoms with Crippen LogP contribution in [0.25, 0.3) is 10.4 Å². The van der Waals surface area contributed by atoms with Gasteiger partial charge < -0.3 is 0 Å². The maximum atomic E-state index is 11.0. The van der Waals surface area contributed by atoms with Gasteiger partial charge >= 0.3 is 186 Å². The zero-order chi connectivity index (χ0) is 24.7. The first kappa shape index (κ1) is 27.3. The molecule has 34 heavy (non-hydrogen) atoms. The van der Waals surface area contributed by atoms with Gasteiger partial charge in [0.05, 0.1) is 0 Å². The molecule has 0 amide bonds. The third kappa shape index (κ3) is 6.46. The van der Waals surface area contributed by atoms with Gasteiger partial charge in [-0.15, -0.1) is 0 Å². The molecule has 0 aromatic heterocycles. The second-order valence-electron chi connectivity index (χ2n) is 9.04. The molecule has 9 nitrogen and oxygen atoms in total. The summed E-state index contributed by atoms with van der Waals surface area (Å²) in [6.07, 6.45) is -2.50. The van der Waals surface area contributed by atoms with Crippen molar-refractivity contribution in [3.63, 3.8) is 0 Å². The van der Waals surface area contributed by atoms with E-state index in [2.05, 4.69) is 16.9 Å². The first-order valence-electron chi connectivity index (χ1n) is 11.7. The van der Waals surface area contributed by atoms with E-state index in [-0.39, 0.29) is 50.9 Å². The average Bonchev–Trinajstić information content (AvgIpc) is 2.84. The molecule has 0 bridgehead atoms. The summed E-state index contributed by atoms with van der Waals surface area (Å²) < 4.78 is 36.1. The molecular weight excluding hydrogens is 455 g/mol. The Morgan fingerprint density at radius 1 is 1.12 bits per heavy atom. The topological polar surface area (TPSA) is 123 Å². The molecule has 3 rings (SSSR count). The Morgan fingerprint density at radius 3 is 2.50 bits per heavy atom. The van der Waals surface area contributed by atoms with Crippen LogP contribution in [0.5, 0.6) is 0 Å². The van der Waals surface area contributed by atoms with Crippen molar-refractivity contribution in [2.24, 2.45) is 17.0 Å². The monoisotopic (exact) mass is 488 g/mol. The molecule has 0 aliphatic carbocycles. The first-order valence-corrected chi connectivity index (χ1v) is 12.9. The van der Waals surface area contributed by atoms with Gasteiger partial charge in [0.25, 0.3) is 0 Å². The van der Waals surface area contributed by atoms with E-state index in [1.54, 1.807) is 0 Å². The Morgan fingerprint density at radius 2 is 1.85 bits per heavy atom. The molecule has 183 valence electrons. The van der Waals surface area contributed by atoms with Crippen LogP contribution < -0.4 is 0 Å². The number of nitrogens with zero attached hydrogens (tertiary/aromatic N) is 3. The number of azide groups is 1. The molecule has 1 radical (unpaired) electrons. The van der Waals surface area contributed by atoms with Gasteiger partial charge in [0.1, 0.15) is 0 Å². The van der Waals surface area contributed by atoms with Crippen molar-refractivity contribution in [2.45, 2.75) is 82.8 Å². The second kappa shape index (κ2) is 13.1. The standard InChI is InChI=1S/C22H33B2N3O6P/c1-12-14(3)31-15(4)20(19(12)30-11-16-8-6-5-7-9-16)33-22-18(26-27-25)21(34-24-23-29)13(2)17(10-28)32-22/h5-9,12-15,17-22,28,34H,10-11H2,1-4H3/t12?,13-,14+,15?,17?,18?,19+,20?,21+,22-/m1/s1. The summed E-state index contributed by atoms with van der Waals surface area (Å²) in [7, 11) is 0.849. The molecule has 1 N–H and O–H groups in total. The summed E-state index contributed by atoms with van der Waals surface area (Å²) in [4.78, 5) is 3.03. The first-order chi connectivity index (χ1) is 16.4. The fraction of sp³-hybridized carbons (Fsp3) is 0.727. The van der Waals surface area contributed by atoms with Crippen LogP contribution in [0.3, 0.4) is 0 Å². The van der Waals surface area contributed by atoms with Crippen LogP contribution in [0.4, 0.5) is 0 Å². The van der Waals surface area contributed by atoms with E-state index in [1.165, 1.54) is 6.89 Å². The molecule has 1 aromatic carbocycles. The summed E-state index contributed by atoms with van der Waals surface area (Å²) in [6, 6.07) is 9.27. The molecule has 11 atom stereocenters. The number of benzene rings is 1. The van der Waals surface area contributed by atoms with Gasteiger partial charge in [-0.2, -0.15) is 0 Å². The van der Waals surface area contributed by atoms with Gasteiger partial charge in [-0.3, -0.25) is 0 Å². The van der Waals surface area contributed by atoms with E-state index in [9.17, 15) is 15.3 Å². The zero-order valence-electron chi connectivity index (χ0n) is 20.1. The fourth-order valence-electron chi connectivity index (χ4n) is 4.73. The summed E-state index contributed by atoms with van der Waals surface area (Å²) >= 11 is 0. The molecule has 2 aliphatic rings. The number of ether oxygens (including phenoxy) is 4. The van der Waals surface area contributed by atoms with E-state index in [0.717, 1.165) is 12.6 Å². The van der Waals surface area contributed by atoms with E-state index in [4.69, 9.17) is 18.9 Å². The van der Waals surface area contributed by atoms with Crippen molar-refractivity contribution in [1.82, 2.24) is 0 Å². The van der Waals surface area contributed by atoms with Crippen LogP contribution in [0.1, 0.15) is 33.3 Å². The second-order valence-corrected chi connectivity index (χ2v) is 10.4. The molecule has 2 heterocycles. The summed E-state index contributed by atoms with van der Waals surface area (Å²) in [6.45, 7) is 9.69. The Hall–Kier alpha value is -1.31. The van der Waals surface area contributed by atoms with Crippen molar-refractivity contribution in [2.75, 3.05) is 6.61 Å². The van der Waals surface area contributed by atoms with Crippen molar-refractivity contribution >= 4 is 22.4 Å². The van der Waals surface area contributed by atoms with Crippen molar-refractivity contribution in [3.05, 3.63) is 46.3 Å². The normalized spacial score (nSPS) is 38.3. The number of hydrogen-bond donors (Lipinski definition) is 1. The maximum absolute atomic E-state index is 11.0.